The van der Waals surface area contributed by atoms with Crippen molar-refractivity contribution in [2.45, 2.75) is 13.3 Å². The fourth-order valence-corrected chi connectivity index (χ4v) is 1.38. The van der Waals surface area contributed by atoms with Crippen molar-refractivity contribution in [1.82, 2.24) is 0 Å². The van der Waals surface area contributed by atoms with Gasteiger partial charge in [-0.2, -0.15) is 0 Å². The second-order valence-corrected chi connectivity index (χ2v) is 3.64. The largest absolute Gasteiger partial charge is 0.478 e. The number of allylic oxidation sites excluding steroid dienone is 1. The van der Waals surface area contributed by atoms with Gasteiger partial charge in [-0.05, 0) is 30.5 Å². The van der Waals surface area contributed by atoms with Crippen molar-refractivity contribution < 1.29 is 9.90 Å². The molecule has 0 saturated heterocycles. The zero-order valence-electron chi connectivity index (χ0n) is 8.53. The van der Waals surface area contributed by atoms with Gasteiger partial charge in [0.15, 0.2) is 0 Å². The van der Waals surface area contributed by atoms with E-state index in [4.69, 9.17) is 16.7 Å². The maximum absolute atomic E-state index is 10.9. The van der Waals surface area contributed by atoms with E-state index < -0.39 is 5.97 Å². The lowest BCUT2D eigenvalue weighted by molar-refractivity contribution is 0.0696. The molecule has 0 saturated carbocycles. The highest BCUT2D eigenvalue weighted by atomic mass is 35.5. The third kappa shape index (κ3) is 3.40. The standard InChI is InChI=1S/C12H13ClO2/c1-9-5-6-10(4-2-3-7-13)8-11(9)12(14)15/h2,4-6,8H,3,7H2,1H3,(H,14,15). The summed E-state index contributed by atoms with van der Waals surface area (Å²) < 4.78 is 0. The molecule has 0 heterocycles. The van der Waals surface area contributed by atoms with Crippen LogP contribution in [0.3, 0.4) is 0 Å². The van der Waals surface area contributed by atoms with Gasteiger partial charge in [0.2, 0.25) is 0 Å². The van der Waals surface area contributed by atoms with Gasteiger partial charge in [-0.1, -0.05) is 24.3 Å². The molecule has 0 radical (unpaired) electrons. The summed E-state index contributed by atoms with van der Waals surface area (Å²) in [5, 5.41) is 8.92. The number of benzene rings is 1. The van der Waals surface area contributed by atoms with Crippen LogP contribution >= 0.6 is 11.6 Å². The first-order chi connectivity index (χ1) is 7.15. The van der Waals surface area contributed by atoms with Gasteiger partial charge in [0.25, 0.3) is 0 Å². The predicted molar refractivity (Wildman–Crippen MR) is 62.5 cm³/mol. The van der Waals surface area contributed by atoms with Gasteiger partial charge in [-0.15, -0.1) is 11.6 Å². The van der Waals surface area contributed by atoms with Gasteiger partial charge >= 0.3 is 5.97 Å². The first kappa shape index (κ1) is 11.8. The van der Waals surface area contributed by atoms with Crippen molar-refractivity contribution in [3.63, 3.8) is 0 Å². The molecule has 0 aromatic heterocycles. The smallest absolute Gasteiger partial charge is 0.335 e. The lowest BCUT2D eigenvalue weighted by atomic mass is 10.0. The molecule has 1 N–H and O–H groups in total. The minimum absolute atomic E-state index is 0.350. The lowest BCUT2D eigenvalue weighted by Gasteiger charge is -2.01. The van der Waals surface area contributed by atoms with E-state index in [0.29, 0.717) is 11.4 Å². The Kier molecular flexibility index (Phi) is 4.37. The van der Waals surface area contributed by atoms with E-state index in [1.807, 2.05) is 24.3 Å². The Bertz CT molecular complexity index is 383. The molecule has 15 heavy (non-hydrogen) atoms. The number of carbonyl (C=O) groups is 1. The average molecular weight is 225 g/mol. The van der Waals surface area contributed by atoms with Crippen LogP contribution in [0.1, 0.15) is 27.9 Å². The van der Waals surface area contributed by atoms with E-state index in [0.717, 1.165) is 17.5 Å². The predicted octanol–water partition coefficient (Wildman–Crippen LogP) is 3.34. The summed E-state index contributed by atoms with van der Waals surface area (Å²) in [6.07, 6.45) is 4.61. The van der Waals surface area contributed by atoms with Gasteiger partial charge in [0.1, 0.15) is 0 Å². The molecule has 0 amide bonds. The second-order valence-electron chi connectivity index (χ2n) is 3.26. The van der Waals surface area contributed by atoms with Crippen LogP contribution in [0.4, 0.5) is 0 Å². The normalized spacial score (nSPS) is 10.8. The van der Waals surface area contributed by atoms with E-state index in [2.05, 4.69) is 0 Å². The fraction of sp³-hybridized carbons (Fsp3) is 0.250. The van der Waals surface area contributed by atoms with Crippen LogP contribution in [0.5, 0.6) is 0 Å². The van der Waals surface area contributed by atoms with Crippen LogP contribution in [0.2, 0.25) is 0 Å². The summed E-state index contributed by atoms with van der Waals surface area (Å²) >= 11 is 5.53. The summed E-state index contributed by atoms with van der Waals surface area (Å²) in [5.41, 5.74) is 2.02. The molecule has 1 rings (SSSR count). The number of hydrogen-bond acceptors (Lipinski definition) is 1. The van der Waals surface area contributed by atoms with Gasteiger partial charge in [0.05, 0.1) is 5.56 Å². The van der Waals surface area contributed by atoms with Crippen LogP contribution in [0.15, 0.2) is 24.3 Å². The van der Waals surface area contributed by atoms with E-state index in [-0.39, 0.29) is 0 Å². The lowest BCUT2D eigenvalue weighted by Crippen LogP contribution is -1.99. The molecule has 1 aromatic carbocycles. The quantitative estimate of drug-likeness (QED) is 0.797. The Morgan fingerprint density at radius 3 is 2.87 bits per heavy atom. The number of aromatic carboxylic acids is 1. The highest BCUT2D eigenvalue weighted by Crippen LogP contribution is 2.12. The van der Waals surface area contributed by atoms with Crippen molar-refractivity contribution in [3.8, 4) is 0 Å². The Hall–Kier alpha value is -1.28. The Morgan fingerprint density at radius 2 is 2.27 bits per heavy atom. The van der Waals surface area contributed by atoms with Crippen molar-refractivity contribution in [2.75, 3.05) is 5.88 Å². The highest BCUT2D eigenvalue weighted by Gasteiger charge is 2.06. The maximum Gasteiger partial charge on any atom is 0.335 e. The molecule has 0 fully saturated rings. The molecule has 2 nitrogen and oxygen atoms in total. The zero-order chi connectivity index (χ0) is 11.3. The van der Waals surface area contributed by atoms with Gasteiger partial charge in [-0.25, -0.2) is 4.79 Å². The molecule has 80 valence electrons. The van der Waals surface area contributed by atoms with Crippen LogP contribution in [0, 0.1) is 6.92 Å². The highest BCUT2D eigenvalue weighted by molar-refractivity contribution is 6.17. The van der Waals surface area contributed by atoms with Gasteiger partial charge < -0.3 is 5.11 Å². The SMILES string of the molecule is Cc1ccc(C=CCCCl)cc1C(=O)O. The van der Waals surface area contributed by atoms with E-state index in [1.54, 1.807) is 13.0 Å². The number of carboxylic acid groups (broad SMARTS) is 1. The number of halogens is 1. The third-order valence-electron chi connectivity index (χ3n) is 2.08. The fourth-order valence-electron chi connectivity index (χ4n) is 1.26. The van der Waals surface area contributed by atoms with Crippen LogP contribution in [0.25, 0.3) is 6.08 Å². The zero-order valence-corrected chi connectivity index (χ0v) is 9.29. The number of alkyl halides is 1. The van der Waals surface area contributed by atoms with Crippen LogP contribution in [-0.2, 0) is 0 Å². The summed E-state index contributed by atoms with van der Waals surface area (Å²) in [5.74, 6) is -0.311. The molecular formula is C12H13ClO2. The maximum atomic E-state index is 10.9. The first-order valence-electron chi connectivity index (χ1n) is 4.71. The Labute approximate surface area is 94.2 Å². The monoisotopic (exact) mass is 224 g/mol. The molecule has 0 atom stereocenters. The molecule has 0 unspecified atom stereocenters. The summed E-state index contributed by atoms with van der Waals surface area (Å²) in [6, 6.07) is 5.37. The van der Waals surface area contributed by atoms with E-state index in [9.17, 15) is 4.79 Å². The summed E-state index contributed by atoms with van der Waals surface area (Å²) in [4.78, 5) is 10.9. The second kappa shape index (κ2) is 5.56. The van der Waals surface area contributed by atoms with Gasteiger partial charge in [0, 0.05) is 5.88 Å². The molecule has 0 spiro atoms. The first-order valence-corrected chi connectivity index (χ1v) is 5.25. The molecule has 0 aliphatic carbocycles. The molecule has 3 heteroatoms. The number of rotatable bonds is 4. The minimum Gasteiger partial charge on any atom is -0.478 e. The van der Waals surface area contributed by atoms with Crippen LogP contribution < -0.4 is 0 Å². The molecular weight excluding hydrogens is 212 g/mol. The van der Waals surface area contributed by atoms with Crippen molar-refractivity contribution >= 4 is 23.6 Å². The Balaban J connectivity index is 2.92. The average Bonchev–Trinajstić information content (AvgIpc) is 2.20. The number of aryl methyl sites for hydroxylation is 1. The van der Waals surface area contributed by atoms with Crippen molar-refractivity contribution in [3.05, 3.63) is 41.0 Å². The molecule has 1 aromatic rings. The van der Waals surface area contributed by atoms with E-state index in [1.165, 1.54) is 0 Å². The van der Waals surface area contributed by atoms with E-state index >= 15 is 0 Å². The minimum atomic E-state index is -0.889. The van der Waals surface area contributed by atoms with Gasteiger partial charge in [-0.3, -0.25) is 0 Å². The summed E-state index contributed by atoms with van der Waals surface area (Å²) in [6.45, 7) is 1.79. The number of carboxylic acids is 1. The molecule has 0 aliphatic rings. The molecule has 0 bridgehead atoms. The topological polar surface area (TPSA) is 37.3 Å². The molecule has 0 aliphatic heterocycles. The van der Waals surface area contributed by atoms with Crippen molar-refractivity contribution in [1.29, 1.82) is 0 Å². The number of hydrogen-bond donors (Lipinski definition) is 1. The Morgan fingerprint density at radius 1 is 1.53 bits per heavy atom. The van der Waals surface area contributed by atoms with Crippen molar-refractivity contribution in [2.24, 2.45) is 0 Å². The summed E-state index contributed by atoms with van der Waals surface area (Å²) in [7, 11) is 0. The van der Waals surface area contributed by atoms with Crippen LogP contribution in [-0.4, -0.2) is 17.0 Å². The third-order valence-corrected chi connectivity index (χ3v) is 2.30.